The van der Waals surface area contributed by atoms with Gasteiger partial charge in [-0.2, -0.15) is 0 Å². The van der Waals surface area contributed by atoms with Crippen LogP contribution >= 0.6 is 0 Å². The van der Waals surface area contributed by atoms with Crippen LogP contribution in [0.1, 0.15) is 11.1 Å². The van der Waals surface area contributed by atoms with Gasteiger partial charge >= 0.3 is 0 Å². The molecule has 0 aliphatic carbocycles. The van der Waals surface area contributed by atoms with E-state index >= 15 is 0 Å². The number of hydrogen-bond donors (Lipinski definition) is 1. The molecule has 0 amide bonds. The Labute approximate surface area is 80.4 Å². The molecule has 0 fully saturated rings. The Morgan fingerprint density at radius 2 is 2.00 bits per heavy atom. The molecule has 0 unspecified atom stereocenters. The van der Waals surface area contributed by atoms with Crippen molar-refractivity contribution in [2.24, 2.45) is 5.73 Å². The lowest BCUT2D eigenvalue weighted by Crippen LogP contribution is -2.12. The molecule has 0 spiro atoms. The molecule has 0 saturated heterocycles. The van der Waals surface area contributed by atoms with Crippen LogP contribution < -0.4 is 10.6 Å². The van der Waals surface area contributed by atoms with Crippen LogP contribution in [0.5, 0.6) is 0 Å². The molecule has 0 atom stereocenters. The molecule has 1 aromatic carbocycles. The quantitative estimate of drug-likeness (QED) is 0.761. The fourth-order valence-electron chi connectivity index (χ4n) is 1.58. The Bertz CT molecular complexity index is 279. The molecule has 72 valence electrons. The lowest BCUT2D eigenvalue weighted by atomic mass is 10.0. The van der Waals surface area contributed by atoms with E-state index in [0.29, 0.717) is 0 Å². The first kappa shape index (κ1) is 10.1. The predicted molar refractivity (Wildman–Crippen MR) is 58.3 cm³/mol. The second kappa shape index (κ2) is 4.28. The van der Waals surface area contributed by atoms with Crippen molar-refractivity contribution < 1.29 is 0 Å². The maximum atomic E-state index is 5.54. The van der Waals surface area contributed by atoms with E-state index in [1.165, 1.54) is 16.8 Å². The first-order valence-electron chi connectivity index (χ1n) is 4.62. The Hall–Kier alpha value is -1.02. The molecule has 2 nitrogen and oxygen atoms in total. The van der Waals surface area contributed by atoms with Crippen molar-refractivity contribution in [3.05, 3.63) is 29.3 Å². The van der Waals surface area contributed by atoms with Crippen molar-refractivity contribution in [1.82, 2.24) is 0 Å². The van der Waals surface area contributed by atoms with Gasteiger partial charge < -0.3 is 10.6 Å². The summed E-state index contributed by atoms with van der Waals surface area (Å²) < 4.78 is 0. The summed E-state index contributed by atoms with van der Waals surface area (Å²) in [5.41, 5.74) is 9.53. The van der Waals surface area contributed by atoms with Gasteiger partial charge in [-0.15, -0.1) is 0 Å². The smallest absolute Gasteiger partial charge is 0.0393 e. The zero-order valence-corrected chi connectivity index (χ0v) is 8.67. The van der Waals surface area contributed by atoms with Crippen LogP contribution in [-0.2, 0) is 6.42 Å². The van der Waals surface area contributed by atoms with Gasteiger partial charge in [0.05, 0.1) is 0 Å². The molecule has 0 radical (unpaired) electrons. The second-order valence-corrected chi connectivity index (χ2v) is 3.49. The third kappa shape index (κ3) is 2.22. The van der Waals surface area contributed by atoms with Crippen LogP contribution in [0, 0.1) is 6.92 Å². The average Bonchev–Trinajstić information content (AvgIpc) is 2.08. The molecule has 0 aromatic heterocycles. The highest BCUT2D eigenvalue weighted by atomic mass is 15.1. The number of nitrogens with zero attached hydrogens (tertiary/aromatic N) is 1. The molecule has 13 heavy (non-hydrogen) atoms. The summed E-state index contributed by atoms with van der Waals surface area (Å²) in [7, 11) is 4.13. The molecule has 2 heteroatoms. The van der Waals surface area contributed by atoms with E-state index < -0.39 is 0 Å². The molecule has 0 heterocycles. The van der Waals surface area contributed by atoms with Crippen molar-refractivity contribution in [2.45, 2.75) is 13.3 Å². The topological polar surface area (TPSA) is 29.3 Å². The number of benzene rings is 1. The average molecular weight is 178 g/mol. The van der Waals surface area contributed by atoms with Crippen LogP contribution in [0.4, 0.5) is 5.69 Å². The van der Waals surface area contributed by atoms with Crippen molar-refractivity contribution in [3.8, 4) is 0 Å². The Morgan fingerprint density at radius 1 is 1.31 bits per heavy atom. The normalized spacial score (nSPS) is 10.2. The van der Waals surface area contributed by atoms with E-state index in [-0.39, 0.29) is 0 Å². The van der Waals surface area contributed by atoms with E-state index in [2.05, 4.69) is 44.1 Å². The molecule has 0 saturated carbocycles. The Morgan fingerprint density at radius 3 is 2.54 bits per heavy atom. The predicted octanol–water partition coefficient (Wildman–Crippen LogP) is 1.56. The molecular weight excluding hydrogens is 160 g/mol. The lowest BCUT2D eigenvalue weighted by molar-refractivity contribution is 0.953. The third-order valence-electron chi connectivity index (χ3n) is 2.31. The van der Waals surface area contributed by atoms with Crippen LogP contribution in [0.15, 0.2) is 18.2 Å². The van der Waals surface area contributed by atoms with E-state index in [0.717, 1.165) is 13.0 Å². The molecule has 1 aromatic rings. The summed E-state index contributed by atoms with van der Waals surface area (Å²) in [6.07, 6.45) is 0.966. The summed E-state index contributed by atoms with van der Waals surface area (Å²) in [4.78, 5) is 2.13. The first-order valence-corrected chi connectivity index (χ1v) is 4.62. The highest BCUT2D eigenvalue weighted by molar-refractivity contribution is 5.55. The van der Waals surface area contributed by atoms with Gasteiger partial charge in [-0.05, 0) is 37.1 Å². The van der Waals surface area contributed by atoms with Crippen LogP contribution in [0.2, 0.25) is 0 Å². The van der Waals surface area contributed by atoms with Crippen LogP contribution in [0.3, 0.4) is 0 Å². The van der Waals surface area contributed by atoms with Gasteiger partial charge in [-0.25, -0.2) is 0 Å². The highest BCUT2D eigenvalue weighted by Gasteiger charge is 2.03. The summed E-state index contributed by atoms with van der Waals surface area (Å²) in [5, 5.41) is 0. The van der Waals surface area contributed by atoms with Gasteiger partial charge in [0.2, 0.25) is 0 Å². The van der Waals surface area contributed by atoms with Gasteiger partial charge in [0.15, 0.2) is 0 Å². The van der Waals surface area contributed by atoms with E-state index in [1.807, 2.05) is 0 Å². The van der Waals surface area contributed by atoms with Crippen molar-refractivity contribution in [1.29, 1.82) is 0 Å². The number of rotatable bonds is 3. The Balaban J connectivity index is 3.03. The number of nitrogens with two attached hydrogens (primary N) is 1. The second-order valence-electron chi connectivity index (χ2n) is 3.49. The van der Waals surface area contributed by atoms with E-state index in [9.17, 15) is 0 Å². The van der Waals surface area contributed by atoms with Crippen molar-refractivity contribution in [3.63, 3.8) is 0 Å². The van der Waals surface area contributed by atoms with Crippen molar-refractivity contribution in [2.75, 3.05) is 25.5 Å². The first-order chi connectivity index (χ1) is 6.16. The summed E-state index contributed by atoms with van der Waals surface area (Å²) in [6.45, 7) is 2.87. The minimum Gasteiger partial charge on any atom is -0.377 e. The Kier molecular flexibility index (Phi) is 3.32. The molecule has 1 rings (SSSR count). The van der Waals surface area contributed by atoms with Crippen LogP contribution in [0.25, 0.3) is 0 Å². The number of hydrogen-bond acceptors (Lipinski definition) is 2. The zero-order chi connectivity index (χ0) is 9.84. The fraction of sp³-hybridized carbons (Fsp3) is 0.455. The highest BCUT2D eigenvalue weighted by Crippen LogP contribution is 2.21. The maximum Gasteiger partial charge on any atom is 0.0393 e. The molecular formula is C11H18N2. The lowest BCUT2D eigenvalue weighted by Gasteiger charge is -2.17. The van der Waals surface area contributed by atoms with E-state index in [4.69, 9.17) is 5.73 Å². The zero-order valence-electron chi connectivity index (χ0n) is 8.67. The van der Waals surface area contributed by atoms with Gasteiger partial charge in [0.1, 0.15) is 0 Å². The summed E-state index contributed by atoms with van der Waals surface area (Å²) in [5.74, 6) is 0. The summed E-state index contributed by atoms with van der Waals surface area (Å²) >= 11 is 0. The molecule has 0 bridgehead atoms. The van der Waals surface area contributed by atoms with Gasteiger partial charge in [0, 0.05) is 19.8 Å². The van der Waals surface area contributed by atoms with Gasteiger partial charge in [0.25, 0.3) is 0 Å². The largest absolute Gasteiger partial charge is 0.377 e. The summed E-state index contributed by atoms with van der Waals surface area (Å²) in [6, 6.07) is 6.37. The fourth-order valence-corrected chi connectivity index (χ4v) is 1.58. The minimum absolute atomic E-state index is 0.720. The number of anilines is 1. The third-order valence-corrected chi connectivity index (χ3v) is 2.31. The van der Waals surface area contributed by atoms with Crippen molar-refractivity contribution >= 4 is 5.69 Å². The standard InChI is InChI=1S/C11H18N2/c1-9-10(7-8-12)5-4-6-11(9)13(2)3/h4-6H,7-8,12H2,1-3H3. The van der Waals surface area contributed by atoms with Gasteiger partial charge in [-0.1, -0.05) is 12.1 Å². The van der Waals surface area contributed by atoms with Gasteiger partial charge in [-0.3, -0.25) is 0 Å². The molecule has 0 aliphatic heterocycles. The van der Waals surface area contributed by atoms with E-state index in [1.54, 1.807) is 0 Å². The minimum atomic E-state index is 0.720. The SMILES string of the molecule is Cc1c(CCN)cccc1N(C)C. The monoisotopic (exact) mass is 178 g/mol. The molecule has 2 N–H and O–H groups in total. The maximum absolute atomic E-state index is 5.54. The van der Waals surface area contributed by atoms with Crippen LogP contribution in [-0.4, -0.2) is 20.6 Å². The molecule has 0 aliphatic rings.